The van der Waals surface area contributed by atoms with Gasteiger partial charge in [0.25, 0.3) is 0 Å². The number of hydrogen-bond acceptors (Lipinski definition) is 5. The predicted octanol–water partition coefficient (Wildman–Crippen LogP) is 2.75. The number of carbonyl (C=O) groups excluding carboxylic acids is 1. The summed E-state index contributed by atoms with van der Waals surface area (Å²) < 4.78 is 29.5. The highest BCUT2D eigenvalue weighted by Crippen LogP contribution is 2.23. The van der Waals surface area contributed by atoms with Gasteiger partial charge in [0.05, 0.1) is 17.0 Å². The molecule has 30 heavy (non-hydrogen) atoms. The van der Waals surface area contributed by atoms with Crippen molar-refractivity contribution in [3.05, 3.63) is 52.8 Å². The largest absolute Gasteiger partial charge is 0.346 e. The molecule has 160 valence electrons. The lowest BCUT2D eigenvalue weighted by atomic mass is 10.1. The molecule has 3 rings (SSSR count). The maximum atomic E-state index is 13.0. The van der Waals surface area contributed by atoms with Crippen LogP contribution in [0.4, 0.5) is 0 Å². The highest BCUT2D eigenvalue weighted by molar-refractivity contribution is 7.89. The van der Waals surface area contributed by atoms with E-state index in [2.05, 4.69) is 18.4 Å². The van der Waals surface area contributed by atoms with E-state index in [1.165, 1.54) is 16.4 Å². The van der Waals surface area contributed by atoms with Gasteiger partial charge in [-0.05, 0) is 45.9 Å². The number of sulfonamides is 1. The van der Waals surface area contributed by atoms with Crippen LogP contribution in [-0.4, -0.2) is 60.7 Å². The molecule has 0 aliphatic carbocycles. The number of Topliss-reactive ketones (excluding diaryl/α,β-unsaturated/α-hetero) is 1. The smallest absolute Gasteiger partial charge is 0.244 e. The monoisotopic (exact) mass is 428 g/mol. The Labute approximate surface area is 178 Å². The normalized spacial score (nSPS) is 16.0. The Balaban J connectivity index is 1.67. The van der Waals surface area contributed by atoms with Gasteiger partial charge in [0, 0.05) is 49.2 Å². The summed E-state index contributed by atoms with van der Waals surface area (Å²) in [7, 11) is -3.73. The molecule has 0 radical (unpaired) electrons. The Morgan fingerprint density at radius 2 is 1.77 bits per heavy atom. The Kier molecular flexibility index (Phi) is 6.46. The van der Waals surface area contributed by atoms with Crippen molar-refractivity contribution in [1.29, 1.82) is 5.26 Å². The lowest BCUT2D eigenvalue weighted by Crippen LogP contribution is -2.49. The van der Waals surface area contributed by atoms with Crippen LogP contribution in [0.5, 0.6) is 0 Å². The van der Waals surface area contributed by atoms with E-state index in [0.717, 1.165) is 17.0 Å². The number of carbonyl (C=O) groups is 1. The fraction of sp³-hybridized carbons (Fsp3) is 0.455. The zero-order valence-electron chi connectivity index (χ0n) is 17.9. The van der Waals surface area contributed by atoms with Crippen molar-refractivity contribution < 1.29 is 13.2 Å². The summed E-state index contributed by atoms with van der Waals surface area (Å²) in [5.74, 6) is 0.0566. The van der Waals surface area contributed by atoms with E-state index in [1.807, 2.05) is 30.9 Å². The molecular weight excluding hydrogens is 400 g/mol. The van der Waals surface area contributed by atoms with Gasteiger partial charge in [-0.1, -0.05) is 12.1 Å². The standard InChI is InChI=1S/C22H28N4O3S/c1-16(2)26-17(3)13-20(18(26)4)21(27)15-24-9-11-25(12-10-24)30(28,29)22-8-6-5-7-19(22)14-23/h5-8,13,16H,9-12,15H2,1-4H3. The van der Waals surface area contributed by atoms with Crippen LogP contribution in [0.15, 0.2) is 35.2 Å². The number of nitriles is 1. The van der Waals surface area contributed by atoms with E-state index in [-0.39, 0.29) is 28.8 Å². The summed E-state index contributed by atoms with van der Waals surface area (Å²) in [4.78, 5) is 14.9. The Morgan fingerprint density at radius 3 is 2.33 bits per heavy atom. The maximum Gasteiger partial charge on any atom is 0.244 e. The van der Waals surface area contributed by atoms with Crippen LogP contribution in [0.2, 0.25) is 0 Å². The first kappa shape index (κ1) is 22.2. The van der Waals surface area contributed by atoms with Crippen molar-refractivity contribution in [1.82, 2.24) is 13.8 Å². The molecule has 7 nitrogen and oxygen atoms in total. The minimum absolute atomic E-state index is 0.0400. The molecule has 2 heterocycles. The van der Waals surface area contributed by atoms with Gasteiger partial charge in [0.2, 0.25) is 10.0 Å². The molecule has 2 aromatic rings. The first-order valence-corrected chi connectivity index (χ1v) is 11.5. The summed E-state index contributed by atoms with van der Waals surface area (Å²) >= 11 is 0. The molecule has 1 saturated heterocycles. The van der Waals surface area contributed by atoms with Crippen molar-refractivity contribution in [3.8, 4) is 6.07 Å². The fourth-order valence-corrected chi connectivity index (χ4v) is 5.76. The summed E-state index contributed by atoms with van der Waals surface area (Å²) in [6.45, 7) is 9.97. The van der Waals surface area contributed by atoms with Gasteiger partial charge >= 0.3 is 0 Å². The summed E-state index contributed by atoms with van der Waals surface area (Å²) in [5, 5.41) is 9.23. The molecule has 0 N–H and O–H groups in total. The van der Waals surface area contributed by atoms with E-state index in [9.17, 15) is 18.5 Å². The fourth-order valence-electron chi connectivity index (χ4n) is 4.19. The first-order valence-electron chi connectivity index (χ1n) is 10.1. The molecule has 1 fully saturated rings. The van der Waals surface area contributed by atoms with Crippen molar-refractivity contribution in [2.75, 3.05) is 32.7 Å². The van der Waals surface area contributed by atoms with Crippen molar-refractivity contribution >= 4 is 15.8 Å². The van der Waals surface area contributed by atoms with E-state index >= 15 is 0 Å². The Morgan fingerprint density at radius 1 is 1.13 bits per heavy atom. The van der Waals surface area contributed by atoms with Gasteiger partial charge in [-0.15, -0.1) is 0 Å². The van der Waals surface area contributed by atoms with E-state index in [1.54, 1.807) is 12.1 Å². The van der Waals surface area contributed by atoms with Crippen LogP contribution in [0.25, 0.3) is 0 Å². The third-order valence-corrected chi connectivity index (χ3v) is 7.58. The predicted molar refractivity (Wildman–Crippen MR) is 115 cm³/mol. The average molecular weight is 429 g/mol. The molecule has 0 saturated carbocycles. The topological polar surface area (TPSA) is 86.4 Å². The van der Waals surface area contributed by atoms with E-state index in [0.29, 0.717) is 26.2 Å². The molecule has 1 aromatic carbocycles. The Bertz CT molecular complexity index is 1090. The number of aromatic nitrogens is 1. The molecule has 1 aliphatic heterocycles. The van der Waals surface area contributed by atoms with Crippen molar-refractivity contribution in [3.63, 3.8) is 0 Å². The molecule has 1 aliphatic rings. The van der Waals surface area contributed by atoms with Crippen LogP contribution in [0.1, 0.15) is 47.2 Å². The Hall–Kier alpha value is -2.47. The van der Waals surface area contributed by atoms with Gasteiger partial charge in [-0.3, -0.25) is 9.69 Å². The third kappa shape index (κ3) is 4.19. The number of nitrogens with zero attached hydrogens (tertiary/aromatic N) is 4. The molecule has 0 atom stereocenters. The number of rotatable bonds is 6. The molecular formula is C22H28N4O3S. The van der Waals surface area contributed by atoms with Crippen molar-refractivity contribution in [2.45, 2.75) is 38.6 Å². The van der Waals surface area contributed by atoms with Crippen LogP contribution < -0.4 is 0 Å². The van der Waals surface area contributed by atoms with Crippen LogP contribution in [0, 0.1) is 25.2 Å². The number of hydrogen-bond donors (Lipinski definition) is 0. The summed E-state index contributed by atoms with van der Waals surface area (Å²) in [6.07, 6.45) is 0. The van der Waals surface area contributed by atoms with Gasteiger partial charge in [0.1, 0.15) is 6.07 Å². The molecule has 0 unspecified atom stereocenters. The van der Waals surface area contributed by atoms with Crippen LogP contribution >= 0.6 is 0 Å². The highest BCUT2D eigenvalue weighted by atomic mass is 32.2. The minimum Gasteiger partial charge on any atom is -0.346 e. The van der Waals surface area contributed by atoms with Crippen LogP contribution in [-0.2, 0) is 10.0 Å². The van der Waals surface area contributed by atoms with Gasteiger partial charge < -0.3 is 4.57 Å². The van der Waals surface area contributed by atoms with Gasteiger partial charge in [0.15, 0.2) is 5.78 Å². The molecule has 0 bridgehead atoms. The zero-order chi connectivity index (χ0) is 22.1. The van der Waals surface area contributed by atoms with Gasteiger partial charge in [-0.25, -0.2) is 8.42 Å². The summed E-state index contributed by atoms with van der Waals surface area (Å²) in [6, 6.07) is 10.4. The minimum atomic E-state index is -3.73. The average Bonchev–Trinajstić information content (AvgIpc) is 3.02. The lowest BCUT2D eigenvalue weighted by molar-refractivity contribution is 0.0901. The third-order valence-electron chi connectivity index (χ3n) is 5.62. The summed E-state index contributed by atoms with van der Waals surface area (Å²) in [5.41, 5.74) is 2.93. The lowest BCUT2D eigenvalue weighted by Gasteiger charge is -2.33. The number of benzene rings is 1. The second-order valence-electron chi connectivity index (χ2n) is 7.96. The van der Waals surface area contributed by atoms with Crippen molar-refractivity contribution in [2.24, 2.45) is 0 Å². The number of piperazine rings is 1. The highest BCUT2D eigenvalue weighted by Gasteiger charge is 2.31. The van der Waals surface area contributed by atoms with E-state index in [4.69, 9.17) is 0 Å². The number of ketones is 1. The SMILES string of the molecule is Cc1cc(C(=O)CN2CCN(S(=O)(=O)c3ccccc3C#N)CC2)c(C)n1C(C)C. The molecule has 8 heteroatoms. The molecule has 1 aromatic heterocycles. The second-order valence-corrected chi connectivity index (χ2v) is 9.87. The zero-order valence-corrected chi connectivity index (χ0v) is 18.7. The molecule has 0 spiro atoms. The van der Waals surface area contributed by atoms with E-state index < -0.39 is 10.0 Å². The maximum absolute atomic E-state index is 13.0. The van der Waals surface area contributed by atoms with Gasteiger partial charge in [-0.2, -0.15) is 9.57 Å². The quantitative estimate of drug-likeness (QED) is 0.661. The van der Waals surface area contributed by atoms with Crippen LogP contribution in [0.3, 0.4) is 0 Å². The second kappa shape index (κ2) is 8.72. The number of aryl methyl sites for hydroxylation is 1. The first-order chi connectivity index (χ1) is 14.2. The molecule has 0 amide bonds.